The zero-order chi connectivity index (χ0) is 20.6. The molecule has 0 atom stereocenters. The van der Waals surface area contributed by atoms with E-state index in [4.69, 9.17) is 9.47 Å². The van der Waals surface area contributed by atoms with Gasteiger partial charge in [0.1, 0.15) is 0 Å². The smallest absolute Gasteiger partial charge is 0.338 e. The summed E-state index contributed by atoms with van der Waals surface area (Å²) in [6.45, 7) is 2.72. The summed E-state index contributed by atoms with van der Waals surface area (Å²) in [6.07, 6.45) is 1.88. The molecule has 0 saturated carbocycles. The zero-order valence-corrected chi connectivity index (χ0v) is 17.1. The van der Waals surface area contributed by atoms with Crippen molar-refractivity contribution in [2.45, 2.75) is 20.1 Å². The molecule has 0 saturated heterocycles. The van der Waals surface area contributed by atoms with Crippen LogP contribution in [0.25, 0.3) is 0 Å². The van der Waals surface area contributed by atoms with E-state index >= 15 is 0 Å². The van der Waals surface area contributed by atoms with Gasteiger partial charge in [0.05, 0.1) is 12.2 Å². The first-order chi connectivity index (χ1) is 14.0. The Hall–Kier alpha value is -3.03. The Bertz CT molecular complexity index is 1030. The molecule has 7 heteroatoms. The zero-order valence-electron chi connectivity index (χ0n) is 16.3. The van der Waals surface area contributed by atoms with Gasteiger partial charge in [0.2, 0.25) is 0 Å². The Morgan fingerprint density at radius 2 is 1.72 bits per heavy atom. The summed E-state index contributed by atoms with van der Waals surface area (Å²) >= 11 is 1.36. The molecule has 3 aromatic rings. The standard InChI is InChI=1S/C22H22N2O4S/c1-16-3-5-17(6-4-16)13-24-11-12-29-22(24)23-20(25)15-28-21(26)19-9-7-18(8-10-19)14-27-2/h3-12H,13-15H2,1-2H3. The van der Waals surface area contributed by atoms with Crippen LogP contribution in [0, 0.1) is 6.92 Å². The van der Waals surface area contributed by atoms with Crippen LogP contribution in [-0.2, 0) is 27.4 Å². The topological polar surface area (TPSA) is 69.9 Å². The first-order valence-corrected chi connectivity index (χ1v) is 9.95. The number of benzene rings is 2. The lowest BCUT2D eigenvalue weighted by molar-refractivity contribution is -0.121. The van der Waals surface area contributed by atoms with Gasteiger partial charge >= 0.3 is 5.97 Å². The molecule has 29 heavy (non-hydrogen) atoms. The van der Waals surface area contributed by atoms with Gasteiger partial charge in [0.25, 0.3) is 5.91 Å². The fourth-order valence-electron chi connectivity index (χ4n) is 2.65. The van der Waals surface area contributed by atoms with E-state index in [1.807, 2.05) is 47.3 Å². The number of ether oxygens (including phenoxy) is 2. The highest BCUT2D eigenvalue weighted by Gasteiger charge is 2.10. The second-order valence-electron chi connectivity index (χ2n) is 6.51. The summed E-state index contributed by atoms with van der Waals surface area (Å²) in [4.78, 5) is 28.9. The maximum atomic E-state index is 12.2. The third kappa shape index (κ3) is 5.97. The Morgan fingerprint density at radius 3 is 2.41 bits per heavy atom. The van der Waals surface area contributed by atoms with Crippen molar-refractivity contribution in [3.8, 4) is 0 Å². The molecule has 2 aromatic carbocycles. The molecule has 0 radical (unpaired) electrons. The maximum absolute atomic E-state index is 12.2. The quantitative estimate of drug-likeness (QED) is 0.560. The van der Waals surface area contributed by atoms with Gasteiger partial charge in [0.15, 0.2) is 11.4 Å². The van der Waals surface area contributed by atoms with Crippen LogP contribution in [0.1, 0.15) is 27.0 Å². The highest BCUT2D eigenvalue weighted by atomic mass is 32.1. The second-order valence-corrected chi connectivity index (χ2v) is 7.38. The molecule has 0 bridgehead atoms. The van der Waals surface area contributed by atoms with Crippen molar-refractivity contribution in [3.63, 3.8) is 0 Å². The molecule has 6 nitrogen and oxygen atoms in total. The highest BCUT2D eigenvalue weighted by molar-refractivity contribution is 7.07. The average Bonchev–Trinajstić information content (AvgIpc) is 3.15. The number of carbonyl (C=O) groups excluding carboxylic acids is 2. The van der Waals surface area contributed by atoms with E-state index in [1.54, 1.807) is 31.4 Å². The highest BCUT2D eigenvalue weighted by Crippen LogP contribution is 2.07. The Labute approximate surface area is 173 Å². The SMILES string of the molecule is COCc1ccc(C(=O)OCC(=O)N=c2sccn2Cc2ccc(C)cc2)cc1. The fourth-order valence-corrected chi connectivity index (χ4v) is 3.40. The van der Waals surface area contributed by atoms with Crippen LogP contribution in [0.5, 0.6) is 0 Å². The Balaban J connectivity index is 1.60. The van der Waals surface area contributed by atoms with Gasteiger partial charge in [0, 0.05) is 25.2 Å². The van der Waals surface area contributed by atoms with E-state index < -0.39 is 18.5 Å². The van der Waals surface area contributed by atoms with Crippen molar-refractivity contribution in [2.24, 2.45) is 4.99 Å². The predicted molar refractivity (Wildman–Crippen MR) is 111 cm³/mol. The molecule has 0 fully saturated rings. The number of aryl methyl sites for hydroxylation is 1. The molecular formula is C22H22N2O4S. The third-order valence-electron chi connectivity index (χ3n) is 4.18. The molecule has 0 aliphatic carbocycles. The normalized spacial score (nSPS) is 11.4. The number of rotatable bonds is 7. The van der Waals surface area contributed by atoms with Crippen molar-refractivity contribution in [2.75, 3.05) is 13.7 Å². The number of amides is 1. The van der Waals surface area contributed by atoms with Crippen molar-refractivity contribution < 1.29 is 19.1 Å². The third-order valence-corrected chi connectivity index (χ3v) is 4.98. The lowest BCUT2D eigenvalue weighted by Crippen LogP contribution is -2.20. The van der Waals surface area contributed by atoms with Crippen LogP contribution in [0.2, 0.25) is 0 Å². The average molecular weight is 410 g/mol. The molecule has 1 aromatic heterocycles. The van der Waals surface area contributed by atoms with E-state index in [0.717, 1.165) is 11.1 Å². The minimum Gasteiger partial charge on any atom is -0.452 e. The van der Waals surface area contributed by atoms with Crippen LogP contribution in [0.3, 0.4) is 0 Å². The summed E-state index contributed by atoms with van der Waals surface area (Å²) in [7, 11) is 1.61. The van der Waals surface area contributed by atoms with Gasteiger partial charge in [-0.1, -0.05) is 42.0 Å². The Morgan fingerprint density at radius 1 is 1.03 bits per heavy atom. The van der Waals surface area contributed by atoms with Crippen LogP contribution in [-0.4, -0.2) is 30.2 Å². The lowest BCUT2D eigenvalue weighted by Gasteiger charge is -2.05. The molecule has 0 spiro atoms. The van der Waals surface area contributed by atoms with E-state index in [-0.39, 0.29) is 0 Å². The van der Waals surface area contributed by atoms with Gasteiger partial charge in [-0.2, -0.15) is 4.99 Å². The molecule has 3 rings (SSSR count). The number of hydrogen-bond donors (Lipinski definition) is 0. The van der Waals surface area contributed by atoms with Crippen LogP contribution in [0.15, 0.2) is 65.1 Å². The van der Waals surface area contributed by atoms with Gasteiger partial charge in [-0.25, -0.2) is 4.79 Å². The van der Waals surface area contributed by atoms with Crippen molar-refractivity contribution in [1.29, 1.82) is 0 Å². The first kappa shape index (κ1) is 20.7. The molecule has 0 aliphatic heterocycles. The number of carbonyl (C=O) groups is 2. The van der Waals surface area contributed by atoms with E-state index in [9.17, 15) is 9.59 Å². The van der Waals surface area contributed by atoms with E-state index in [1.165, 1.54) is 16.9 Å². The first-order valence-electron chi connectivity index (χ1n) is 9.07. The molecule has 1 heterocycles. The molecular weight excluding hydrogens is 388 g/mol. The lowest BCUT2D eigenvalue weighted by atomic mass is 10.1. The maximum Gasteiger partial charge on any atom is 0.338 e. The second kappa shape index (κ2) is 9.95. The summed E-state index contributed by atoms with van der Waals surface area (Å²) in [5, 5.41) is 1.87. The van der Waals surface area contributed by atoms with Gasteiger partial charge < -0.3 is 14.0 Å². The summed E-state index contributed by atoms with van der Waals surface area (Å²) in [5.41, 5.74) is 3.64. The number of thiazole rings is 1. The van der Waals surface area contributed by atoms with Crippen LogP contribution < -0.4 is 4.80 Å². The molecule has 0 N–H and O–H groups in total. The number of hydrogen-bond acceptors (Lipinski definition) is 5. The van der Waals surface area contributed by atoms with Crippen LogP contribution >= 0.6 is 11.3 Å². The van der Waals surface area contributed by atoms with Crippen LogP contribution in [0.4, 0.5) is 0 Å². The van der Waals surface area contributed by atoms with E-state index in [2.05, 4.69) is 4.99 Å². The van der Waals surface area contributed by atoms with Gasteiger partial charge in [-0.3, -0.25) is 4.79 Å². The fraction of sp³-hybridized carbons (Fsp3) is 0.227. The number of aromatic nitrogens is 1. The molecule has 0 aliphatic rings. The van der Waals surface area contributed by atoms with Crippen molar-refractivity contribution >= 4 is 23.2 Å². The van der Waals surface area contributed by atoms with Gasteiger partial charge in [-0.15, -0.1) is 11.3 Å². The molecule has 1 amide bonds. The van der Waals surface area contributed by atoms with Crippen molar-refractivity contribution in [1.82, 2.24) is 4.57 Å². The van der Waals surface area contributed by atoms with E-state index in [0.29, 0.717) is 23.5 Å². The minimum atomic E-state index is -0.559. The summed E-state index contributed by atoms with van der Waals surface area (Å²) in [6, 6.07) is 15.0. The molecule has 0 unspecified atom stereocenters. The Kier molecular flexibility index (Phi) is 7.10. The van der Waals surface area contributed by atoms with Crippen molar-refractivity contribution in [3.05, 3.63) is 87.2 Å². The number of esters is 1. The minimum absolute atomic E-state index is 0.378. The largest absolute Gasteiger partial charge is 0.452 e. The predicted octanol–water partition coefficient (Wildman–Crippen LogP) is 3.34. The van der Waals surface area contributed by atoms with Gasteiger partial charge in [-0.05, 0) is 30.2 Å². The number of methoxy groups -OCH3 is 1. The molecule has 150 valence electrons. The monoisotopic (exact) mass is 410 g/mol. The number of nitrogens with zero attached hydrogens (tertiary/aromatic N) is 2. The summed E-state index contributed by atoms with van der Waals surface area (Å²) in [5.74, 6) is -1.06. The summed E-state index contributed by atoms with van der Waals surface area (Å²) < 4.78 is 12.0.